The summed E-state index contributed by atoms with van der Waals surface area (Å²) < 4.78 is 24.5. The number of hydrogen-bond donors (Lipinski definition) is 1. The van der Waals surface area contributed by atoms with Crippen LogP contribution >= 0.6 is 12.2 Å². The highest BCUT2D eigenvalue weighted by Crippen LogP contribution is 2.23. The summed E-state index contributed by atoms with van der Waals surface area (Å²) in [6.45, 7) is 1.92. The van der Waals surface area contributed by atoms with Crippen molar-refractivity contribution < 1.29 is 13.9 Å². The van der Waals surface area contributed by atoms with Gasteiger partial charge in [-0.05, 0) is 36.2 Å². The number of ether oxygens (including phenoxy) is 2. The van der Waals surface area contributed by atoms with Gasteiger partial charge in [-0.1, -0.05) is 30.4 Å². The second-order valence-corrected chi connectivity index (χ2v) is 5.01. The first kappa shape index (κ1) is 15.3. The molecule has 0 unspecified atom stereocenters. The fourth-order valence-corrected chi connectivity index (χ4v) is 2.09. The van der Waals surface area contributed by atoms with Crippen LogP contribution < -0.4 is 15.2 Å². The van der Waals surface area contributed by atoms with Crippen LogP contribution in [0.4, 0.5) is 4.39 Å². The molecule has 0 aliphatic carbocycles. The molecule has 0 saturated heterocycles. The zero-order valence-corrected chi connectivity index (χ0v) is 12.7. The van der Waals surface area contributed by atoms with Gasteiger partial charge in [0.05, 0.1) is 12.7 Å². The lowest BCUT2D eigenvalue weighted by Gasteiger charge is -2.11. The number of methoxy groups -OCH3 is 1. The molecular weight excluding hydrogens is 289 g/mol. The molecule has 0 aliphatic rings. The molecule has 0 atom stereocenters. The predicted molar refractivity (Wildman–Crippen MR) is 84.4 cm³/mol. The number of halogens is 1. The highest BCUT2D eigenvalue weighted by atomic mass is 32.1. The molecule has 0 saturated carbocycles. The van der Waals surface area contributed by atoms with Crippen LogP contribution in [0.2, 0.25) is 0 Å². The molecule has 0 radical (unpaired) electrons. The van der Waals surface area contributed by atoms with Crippen LogP contribution in [-0.4, -0.2) is 12.1 Å². The fourth-order valence-electron chi connectivity index (χ4n) is 1.93. The Labute approximate surface area is 128 Å². The van der Waals surface area contributed by atoms with Crippen LogP contribution in [0.1, 0.15) is 16.7 Å². The first-order chi connectivity index (χ1) is 10.0. The molecule has 21 heavy (non-hydrogen) atoms. The third kappa shape index (κ3) is 3.49. The van der Waals surface area contributed by atoms with Gasteiger partial charge in [-0.3, -0.25) is 0 Å². The SMILES string of the molecule is COc1ccc(COc2cccc(C)c2F)cc1C(N)=S. The van der Waals surface area contributed by atoms with E-state index in [1.807, 2.05) is 6.07 Å². The summed E-state index contributed by atoms with van der Waals surface area (Å²) in [5, 5.41) is 0. The van der Waals surface area contributed by atoms with Crippen LogP contribution in [0.5, 0.6) is 11.5 Å². The Morgan fingerprint density at radius 2 is 2.00 bits per heavy atom. The van der Waals surface area contributed by atoms with Gasteiger partial charge in [-0.15, -0.1) is 0 Å². The molecule has 2 N–H and O–H groups in total. The normalized spacial score (nSPS) is 10.2. The highest BCUT2D eigenvalue weighted by molar-refractivity contribution is 7.80. The predicted octanol–water partition coefficient (Wildman–Crippen LogP) is 3.36. The van der Waals surface area contributed by atoms with Crippen molar-refractivity contribution >= 4 is 17.2 Å². The van der Waals surface area contributed by atoms with Gasteiger partial charge >= 0.3 is 0 Å². The molecule has 2 aromatic carbocycles. The first-order valence-corrected chi connectivity index (χ1v) is 6.78. The molecule has 5 heteroatoms. The van der Waals surface area contributed by atoms with E-state index in [0.717, 1.165) is 5.56 Å². The maximum absolute atomic E-state index is 13.8. The Kier molecular flexibility index (Phi) is 4.75. The second-order valence-electron chi connectivity index (χ2n) is 4.57. The van der Waals surface area contributed by atoms with Gasteiger partial charge in [0, 0.05) is 0 Å². The summed E-state index contributed by atoms with van der Waals surface area (Å²) in [4.78, 5) is 0.246. The Hall–Kier alpha value is -2.14. The van der Waals surface area contributed by atoms with Crippen LogP contribution in [-0.2, 0) is 6.61 Å². The monoisotopic (exact) mass is 305 g/mol. The first-order valence-electron chi connectivity index (χ1n) is 6.37. The summed E-state index contributed by atoms with van der Waals surface area (Å²) >= 11 is 4.99. The number of hydrogen-bond acceptors (Lipinski definition) is 3. The Morgan fingerprint density at radius 3 is 2.67 bits per heavy atom. The molecule has 0 aromatic heterocycles. The van der Waals surface area contributed by atoms with Crippen molar-refractivity contribution in [3.63, 3.8) is 0 Å². The van der Waals surface area contributed by atoms with Crippen molar-refractivity contribution in [3.05, 3.63) is 58.9 Å². The minimum absolute atomic E-state index is 0.222. The van der Waals surface area contributed by atoms with Crippen molar-refractivity contribution in [2.45, 2.75) is 13.5 Å². The van der Waals surface area contributed by atoms with Gasteiger partial charge in [-0.2, -0.15) is 0 Å². The lowest BCUT2D eigenvalue weighted by atomic mass is 10.1. The molecule has 2 aromatic rings. The van der Waals surface area contributed by atoms with Crippen molar-refractivity contribution in [3.8, 4) is 11.5 Å². The van der Waals surface area contributed by atoms with E-state index in [1.54, 1.807) is 44.4 Å². The average Bonchev–Trinajstić information content (AvgIpc) is 2.48. The van der Waals surface area contributed by atoms with Gasteiger partial charge in [0.15, 0.2) is 11.6 Å². The molecule has 3 nitrogen and oxygen atoms in total. The van der Waals surface area contributed by atoms with Gasteiger partial charge in [0.2, 0.25) is 0 Å². The third-order valence-electron chi connectivity index (χ3n) is 3.08. The topological polar surface area (TPSA) is 44.5 Å². The maximum Gasteiger partial charge on any atom is 0.167 e. The molecule has 2 rings (SSSR count). The van der Waals surface area contributed by atoms with Gasteiger partial charge in [0.1, 0.15) is 17.3 Å². The zero-order valence-electron chi connectivity index (χ0n) is 11.9. The van der Waals surface area contributed by atoms with E-state index in [9.17, 15) is 4.39 Å². The number of rotatable bonds is 5. The molecule has 0 heterocycles. The van der Waals surface area contributed by atoms with E-state index in [-0.39, 0.29) is 23.2 Å². The summed E-state index contributed by atoms with van der Waals surface area (Å²) in [5.74, 6) is 0.483. The molecule has 0 fully saturated rings. The van der Waals surface area contributed by atoms with Crippen LogP contribution in [0.25, 0.3) is 0 Å². The quantitative estimate of drug-likeness (QED) is 0.860. The number of nitrogens with two attached hydrogens (primary N) is 1. The van der Waals surface area contributed by atoms with E-state index in [2.05, 4.69) is 0 Å². The molecule has 0 bridgehead atoms. The summed E-state index contributed by atoms with van der Waals surface area (Å²) in [6.07, 6.45) is 0. The van der Waals surface area contributed by atoms with Gasteiger partial charge in [0.25, 0.3) is 0 Å². The van der Waals surface area contributed by atoms with Crippen molar-refractivity contribution in [2.24, 2.45) is 5.73 Å². The van der Waals surface area contributed by atoms with E-state index in [0.29, 0.717) is 16.9 Å². The van der Waals surface area contributed by atoms with Gasteiger partial charge < -0.3 is 15.2 Å². The lowest BCUT2D eigenvalue weighted by molar-refractivity contribution is 0.289. The summed E-state index contributed by atoms with van der Waals surface area (Å²) in [6, 6.07) is 10.4. The Morgan fingerprint density at radius 1 is 1.24 bits per heavy atom. The summed E-state index contributed by atoms with van der Waals surface area (Å²) in [5.41, 5.74) is 7.68. The molecular formula is C16H16FNO2S. The maximum atomic E-state index is 13.8. The number of thiocarbonyl (C=S) groups is 1. The number of aryl methyl sites for hydroxylation is 1. The van der Waals surface area contributed by atoms with E-state index in [1.165, 1.54) is 0 Å². The van der Waals surface area contributed by atoms with Gasteiger partial charge in [-0.25, -0.2) is 4.39 Å². The minimum atomic E-state index is -0.347. The smallest absolute Gasteiger partial charge is 0.167 e. The Balaban J connectivity index is 2.19. The Bertz CT molecular complexity index is 673. The third-order valence-corrected chi connectivity index (χ3v) is 3.30. The van der Waals surface area contributed by atoms with E-state index in [4.69, 9.17) is 27.4 Å². The molecule has 0 amide bonds. The van der Waals surface area contributed by atoms with Crippen LogP contribution in [0.3, 0.4) is 0 Å². The van der Waals surface area contributed by atoms with Crippen molar-refractivity contribution in [1.29, 1.82) is 0 Å². The molecule has 0 aliphatic heterocycles. The second kappa shape index (κ2) is 6.54. The minimum Gasteiger partial charge on any atom is -0.496 e. The van der Waals surface area contributed by atoms with E-state index >= 15 is 0 Å². The number of benzene rings is 2. The molecule has 0 spiro atoms. The highest BCUT2D eigenvalue weighted by Gasteiger charge is 2.09. The fraction of sp³-hybridized carbons (Fsp3) is 0.188. The standard InChI is InChI=1S/C16H16FNO2S/c1-10-4-3-5-14(15(10)17)20-9-11-6-7-13(19-2)12(8-11)16(18)21/h3-8H,9H2,1-2H3,(H2,18,21). The average molecular weight is 305 g/mol. The summed E-state index contributed by atoms with van der Waals surface area (Å²) in [7, 11) is 1.55. The lowest BCUT2D eigenvalue weighted by Crippen LogP contribution is -2.12. The van der Waals surface area contributed by atoms with Crippen LogP contribution in [0, 0.1) is 12.7 Å². The zero-order chi connectivity index (χ0) is 15.4. The largest absolute Gasteiger partial charge is 0.496 e. The van der Waals surface area contributed by atoms with Crippen molar-refractivity contribution in [1.82, 2.24) is 0 Å². The van der Waals surface area contributed by atoms with Crippen molar-refractivity contribution in [2.75, 3.05) is 7.11 Å². The molecule has 110 valence electrons. The van der Waals surface area contributed by atoms with E-state index < -0.39 is 0 Å². The van der Waals surface area contributed by atoms with Crippen LogP contribution in [0.15, 0.2) is 36.4 Å².